The van der Waals surface area contributed by atoms with E-state index in [-0.39, 0.29) is 16.9 Å². The molecule has 3 aromatic rings. The highest BCUT2D eigenvalue weighted by Gasteiger charge is 2.35. The van der Waals surface area contributed by atoms with Crippen molar-refractivity contribution in [3.05, 3.63) is 83.3 Å². The SMILES string of the molecule is CN/C(=C\N(N)c1cc(C(=O)Nc2ccc(N(C)CCN(C)C)c(C(F)(F)F)c2)ccc1C)c1cncc(OC)c1. The lowest BCUT2D eigenvalue weighted by Gasteiger charge is -2.25. The summed E-state index contributed by atoms with van der Waals surface area (Å²) in [6.45, 7) is 2.82. The number of aryl methyl sites for hydroxylation is 1. The van der Waals surface area contributed by atoms with Gasteiger partial charge in [0.2, 0.25) is 0 Å². The zero-order chi connectivity index (χ0) is 30.3. The monoisotopic (exact) mass is 571 g/mol. The van der Waals surface area contributed by atoms with Crippen molar-refractivity contribution in [1.82, 2.24) is 15.2 Å². The quantitative estimate of drug-likeness (QED) is 0.228. The Kier molecular flexibility index (Phi) is 10.2. The predicted molar refractivity (Wildman–Crippen MR) is 157 cm³/mol. The summed E-state index contributed by atoms with van der Waals surface area (Å²) in [5.41, 5.74) is 2.14. The van der Waals surface area contributed by atoms with Gasteiger partial charge in [0.15, 0.2) is 0 Å². The number of anilines is 3. The van der Waals surface area contributed by atoms with Gasteiger partial charge in [0.1, 0.15) is 5.75 Å². The van der Waals surface area contributed by atoms with Gasteiger partial charge in [-0.2, -0.15) is 13.2 Å². The molecule has 0 aliphatic heterocycles. The van der Waals surface area contributed by atoms with E-state index in [0.717, 1.165) is 17.2 Å². The zero-order valence-corrected chi connectivity index (χ0v) is 24.0. The molecule has 0 aliphatic rings. The van der Waals surface area contributed by atoms with Crippen molar-refractivity contribution < 1.29 is 22.7 Å². The number of hydrogen-bond acceptors (Lipinski definition) is 8. The molecule has 0 fully saturated rings. The first-order valence-corrected chi connectivity index (χ1v) is 12.8. The lowest BCUT2D eigenvalue weighted by atomic mass is 10.1. The number of alkyl halides is 3. The highest BCUT2D eigenvalue weighted by molar-refractivity contribution is 6.05. The van der Waals surface area contributed by atoms with Gasteiger partial charge < -0.3 is 25.2 Å². The molecule has 220 valence electrons. The van der Waals surface area contributed by atoms with Gasteiger partial charge in [-0.3, -0.25) is 14.8 Å². The molecule has 2 aromatic carbocycles. The largest absolute Gasteiger partial charge is 0.495 e. The van der Waals surface area contributed by atoms with Gasteiger partial charge in [-0.15, -0.1) is 0 Å². The Balaban J connectivity index is 1.87. The minimum Gasteiger partial charge on any atom is -0.495 e. The molecule has 12 heteroatoms. The summed E-state index contributed by atoms with van der Waals surface area (Å²) >= 11 is 0. The van der Waals surface area contributed by atoms with Crippen LogP contribution in [-0.2, 0) is 6.18 Å². The van der Waals surface area contributed by atoms with E-state index >= 15 is 0 Å². The van der Waals surface area contributed by atoms with Crippen LogP contribution in [0.4, 0.5) is 30.2 Å². The maximum Gasteiger partial charge on any atom is 0.418 e. The summed E-state index contributed by atoms with van der Waals surface area (Å²) in [6.07, 6.45) is 0.268. The van der Waals surface area contributed by atoms with Crippen molar-refractivity contribution in [2.24, 2.45) is 5.84 Å². The molecule has 0 radical (unpaired) electrons. The number of nitrogens with one attached hydrogen (secondary N) is 2. The summed E-state index contributed by atoms with van der Waals surface area (Å²) < 4.78 is 47.1. The molecular weight excluding hydrogens is 535 g/mol. The first kappa shape index (κ1) is 31.2. The summed E-state index contributed by atoms with van der Waals surface area (Å²) in [5.74, 6) is 6.36. The molecule has 0 unspecified atom stereocenters. The molecule has 1 aromatic heterocycles. The Morgan fingerprint density at radius 3 is 2.39 bits per heavy atom. The summed E-state index contributed by atoms with van der Waals surface area (Å²) in [5, 5.41) is 7.02. The number of methoxy groups -OCH3 is 1. The number of carbonyl (C=O) groups excluding carboxylic acids is 1. The smallest absolute Gasteiger partial charge is 0.418 e. The van der Waals surface area contributed by atoms with Crippen LogP contribution in [0.25, 0.3) is 5.70 Å². The predicted octanol–water partition coefficient (Wildman–Crippen LogP) is 4.57. The number of nitrogens with two attached hydrogens (primary N) is 1. The van der Waals surface area contributed by atoms with Crippen LogP contribution in [0.1, 0.15) is 27.0 Å². The second kappa shape index (κ2) is 13.4. The number of benzene rings is 2. The number of ether oxygens (including phenoxy) is 1. The van der Waals surface area contributed by atoms with E-state index in [9.17, 15) is 18.0 Å². The number of carbonyl (C=O) groups is 1. The van der Waals surface area contributed by atoms with Gasteiger partial charge in [0.25, 0.3) is 5.91 Å². The minimum absolute atomic E-state index is 0.0294. The maximum absolute atomic E-state index is 13.9. The second-order valence-electron chi connectivity index (χ2n) is 9.72. The number of halogens is 3. The summed E-state index contributed by atoms with van der Waals surface area (Å²) in [7, 11) is 8.59. The summed E-state index contributed by atoms with van der Waals surface area (Å²) in [6, 6.07) is 10.5. The Labute approximate surface area is 238 Å². The topological polar surface area (TPSA) is 99.0 Å². The number of likely N-dealkylation sites (N-methyl/N-ethyl adjacent to an activating group) is 2. The maximum atomic E-state index is 13.9. The van der Waals surface area contributed by atoms with Crippen LogP contribution in [-0.4, -0.2) is 64.2 Å². The van der Waals surface area contributed by atoms with Crippen molar-refractivity contribution in [2.75, 3.05) is 63.6 Å². The third-order valence-corrected chi connectivity index (χ3v) is 6.40. The minimum atomic E-state index is -4.60. The lowest BCUT2D eigenvalue weighted by Crippen LogP contribution is -2.30. The average Bonchev–Trinajstić information content (AvgIpc) is 2.94. The first-order valence-electron chi connectivity index (χ1n) is 12.8. The third kappa shape index (κ3) is 8.12. The normalized spacial score (nSPS) is 11.8. The van der Waals surface area contributed by atoms with Crippen LogP contribution < -0.4 is 31.1 Å². The number of amides is 1. The Hall–Kier alpha value is -4.29. The van der Waals surface area contributed by atoms with Gasteiger partial charge in [-0.25, -0.2) is 5.84 Å². The molecule has 0 bridgehead atoms. The van der Waals surface area contributed by atoms with E-state index in [1.54, 1.807) is 69.0 Å². The highest BCUT2D eigenvalue weighted by Crippen LogP contribution is 2.38. The molecule has 0 atom stereocenters. The molecular formula is C29H36F3N7O2. The van der Waals surface area contributed by atoms with Crippen LogP contribution in [0.2, 0.25) is 0 Å². The molecule has 0 saturated heterocycles. The van der Waals surface area contributed by atoms with Crippen LogP contribution in [0.3, 0.4) is 0 Å². The fourth-order valence-corrected chi connectivity index (χ4v) is 4.05. The lowest BCUT2D eigenvalue weighted by molar-refractivity contribution is -0.137. The van der Waals surface area contributed by atoms with Gasteiger partial charge in [-0.05, 0) is 63.0 Å². The van der Waals surface area contributed by atoms with Crippen LogP contribution in [0.5, 0.6) is 5.75 Å². The van der Waals surface area contributed by atoms with Crippen molar-refractivity contribution in [3.63, 3.8) is 0 Å². The van der Waals surface area contributed by atoms with Gasteiger partial charge in [0.05, 0.1) is 30.3 Å². The molecule has 0 aliphatic carbocycles. The molecule has 0 spiro atoms. The third-order valence-electron chi connectivity index (χ3n) is 6.40. The van der Waals surface area contributed by atoms with Gasteiger partial charge >= 0.3 is 6.18 Å². The Morgan fingerprint density at radius 1 is 1.02 bits per heavy atom. The van der Waals surface area contributed by atoms with E-state index in [1.807, 2.05) is 25.9 Å². The number of rotatable bonds is 11. The van der Waals surface area contributed by atoms with Crippen molar-refractivity contribution >= 4 is 28.7 Å². The van der Waals surface area contributed by atoms with Crippen molar-refractivity contribution in [3.8, 4) is 5.75 Å². The highest BCUT2D eigenvalue weighted by atomic mass is 19.4. The van der Waals surface area contributed by atoms with Gasteiger partial charge in [-0.1, -0.05) is 6.07 Å². The molecule has 41 heavy (non-hydrogen) atoms. The molecule has 3 rings (SSSR count). The van der Waals surface area contributed by atoms with Crippen molar-refractivity contribution in [1.29, 1.82) is 0 Å². The van der Waals surface area contributed by atoms with E-state index in [4.69, 9.17) is 10.6 Å². The number of nitrogens with zero attached hydrogens (tertiary/aromatic N) is 4. The van der Waals surface area contributed by atoms with E-state index in [1.165, 1.54) is 17.1 Å². The van der Waals surface area contributed by atoms with Crippen LogP contribution in [0.15, 0.2) is 61.1 Å². The Bertz CT molecular complexity index is 1390. The summed E-state index contributed by atoms with van der Waals surface area (Å²) in [4.78, 5) is 20.7. The van der Waals surface area contributed by atoms with E-state index < -0.39 is 17.6 Å². The average molecular weight is 572 g/mol. The fraction of sp³-hybridized carbons (Fsp3) is 0.310. The zero-order valence-electron chi connectivity index (χ0n) is 24.0. The number of pyridine rings is 1. The standard InChI is InChI=1S/C29H36F3N7O2/c1-19-7-8-20(14-27(19)39(33)18-25(34-2)21-13-23(41-6)17-35-16-21)28(40)36-22-9-10-26(24(15-22)29(30,31)32)38(5)12-11-37(3)4/h7-10,13-18,34H,11-12,33H2,1-6H3,(H,36,40)/b25-18-. The first-order chi connectivity index (χ1) is 19.3. The fourth-order valence-electron chi connectivity index (χ4n) is 4.05. The molecule has 9 nitrogen and oxygen atoms in total. The van der Waals surface area contributed by atoms with Crippen molar-refractivity contribution in [2.45, 2.75) is 13.1 Å². The molecule has 4 N–H and O–H groups in total. The second-order valence-corrected chi connectivity index (χ2v) is 9.72. The Morgan fingerprint density at radius 2 is 1.76 bits per heavy atom. The number of hydrogen-bond donors (Lipinski definition) is 3. The van der Waals surface area contributed by atoms with E-state index in [0.29, 0.717) is 30.2 Å². The van der Waals surface area contributed by atoms with Crippen LogP contribution >= 0.6 is 0 Å². The van der Waals surface area contributed by atoms with Crippen LogP contribution in [0, 0.1) is 6.92 Å². The van der Waals surface area contributed by atoms with Gasteiger partial charge in [0, 0.05) is 62.1 Å². The molecule has 0 saturated carbocycles. The molecule has 1 amide bonds. The van der Waals surface area contributed by atoms with E-state index in [2.05, 4.69) is 15.6 Å². The number of aromatic nitrogens is 1. The molecule has 1 heterocycles. The number of hydrazine groups is 1.